The van der Waals surface area contributed by atoms with Gasteiger partial charge in [0.25, 0.3) is 0 Å². The topological polar surface area (TPSA) is 378 Å². The summed E-state index contributed by atoms with van der Waals surface area (Å²) in [6.07, 6.45) is 9.99. The number of carbonyl (C=O) groups excluding carboxylic acids is 10. The molecule has 1 heterocycles. The standard InChI is InChI=1S/C31H53FN6O8.C26H46N6O8.C5H7F/c1-29(2,3)44-25(40)16-15-23(27(42)46-31(7,8)9)35-28(43)34-22(26(41)45-30(4,5)6)14-10-11-18-33-24(39)20-38-19-21(36-37-38)13-12-17-32;1-24(2,3)38-20(34)14-13-18(22(36)40-26(7,8)9)31-23(37)30-17(21(35)39-25(4,5)6)12-10-11-15-28-19(33)16-29-32-27;1-2-3-4-5-6/h19,22-23H,10-18,20H2,1-9H3,(H,33,39)(H2,34,35,43);17-18H,10-16H2,1-9H3,(H,28,33)(H2,30,31,37);1H,3-5H2/t22-,23-;17-,18-;/m00./s1. The first-order valence-electron chi connectivity index (χ1n) is 30.8. The Bertz CT molecular complexity index is 2570. The normalized spacial score (nSPS) is 12.8. The molecule has 0 saturated carbocycles. The van der Waals surface area contributed by atoms with Crippen molar-refractivity contribution in [3.8, 4) is 12.3 Å². The van der Waals surface area contributed by atoms with Crippen LogP contribution >= 0.6 is 0 Å². The highest BCUT2D eigenvalue weighted by Crippen LogP contribution is 2.18. The van der Waals surface area contributed by atoms with Gasteiger partial charge >= 0.3 is 47.9 Å². The first-order chi connectivity index (χ1) is 42.3. The zero-order valence-corrected chi connectivity index (χ0v) is 57.6. The summed E-state index contributed by atoms with van der Waals surface area (Å²) >= 11 is 0. The van der Waals surface area contributed by atoms with Crippen LogP contribution < -0.4 is 31.9 Å². The number of esters is 6. The number of ether oxygens (including phenoxy) is 6. The first kappa shape index (κ1) is 86.2. The number of aromatic nitrogens is 3. The highest BCUT2D eigenvalue weighted by molar-refractivity contribution is 5.89. The number of unbranched alkanes of at least 4 members (excludes halogenated alkanes) is 3. The average Bonchev–Trinajstić information content (AvgIpc) is 1.30. The van der Waals surface area contributed by atoms with Crippen LogP contribution in [0.1, 0.15) is 214 Å². The van der Waals surface area contributed by atoms with Gasteiger partial charge in [-0.15, -0.1) is 17.4 Å². The molecule has 0 saturated heterocycles. The summed E-state index contributed by atoms with van der Waals surface area (Å²) in [4.78, 5) is 128. The molecular formula is C62H106F2N12O16. The van der Waals surface area contributed by atoms with Gasteiger partial charge in [0, 0.05) is 43.5 Å². The zero-order chi connectivity index (χ0) is 71.1. The fraction of sp³-hybridized carbons (Fsp3) is 0.774. The van der Waals surface area contributed by atoms with Crippen molar-refractivity contribution in [1.29, 1.82) is 0 Å². The van der Waals surface area contributed by atoms with Gasteiger partial charge < -0.3 is 60.3 Å². The van der Waals surface area contributed by atoms with E-state index in [1.165, 1.54) is 4.68 Å². The lowest BCUT2D eigenvalue weighted by atomic mass is 10.1. The van der Waals surface area contributed by atoms with Gasteiger partial charge in [0.15, 0.2) is 0 Å². The summed E-state index contributed by atoms with van der Waals surface area (Å²) in [7, 11) is 0. The molecule has 30 heteroatoms. The molecule has 524 valence electrons. The molecule has 28 nitrogen and oxygen atoms in total. The van der Waals surface area contributed by atoms with Crippen LogP contribution in [-0.4, -0.2) is 165 Å². The van der Waals surface area contributed by atoms with Crippen LogP contribution in [0.5, 0.6) is 0 Å². The molecule has 92 heavy (non-hydrogen) atoms. The summed E-state index contributed by atoms with van der Waals surface area (Å²) < 4.78 is 57.2. The largest absolute Gasteiger partial charge is 0.460 e. The van der Waals surface area contributed by atoms with Gasteiger partial charge in [0.05, 0.1) is 19.0 Å². The molecule has 4 atom stereocenters. The third-order valence-corrected chi connectivity index (χ3v) is 10.8. The van der Waals surface area contributed by atoms with Crippen molar-refractivity contribution in [2.75, 3.05) is 33.0 Å². The van der Waals surface area contributed by atoms with Crippen LogP contribution in [0.3, 0.4) is 0 Å². The number of aryl methyl sites for hydroxylation is 1. The van der Waals surface area contributed by atoms with Crippen molar-refractivity contribution < 1.29 is 85.1 Å². The molecule has 0 fully saturated rings. The Labute approximate surface area is 541 Å². The third-order valence-electron chi connectivity index (χ3n) is 10.8. The van der Waals surface area contributed by atoms with Crippen LogP contribution in [0.25, 0.3) is 10.4 Å². The molecule has 6 amide bonds. The lowest BCUT2D eigenvalue weighted by Gasteiger charge is -2.27. The molecule has 0 bridgehead atoms. The molecule has 0 spiro atoms. The monoisotopic (exact) mass is 1310 g/mol. The second kappa shape index (κ2) is 43.1. The maximum Gasteiger partial charge on any atom is 0.329 e. The van der Waals surface area contributed by atoms with Gasteiger partial charge in [-0.25, -0.2) is 33.4 Å². The van der Waals surface area contributed by atoms with E-state index >= 15 is 0 Å². The number of alkyl halides is 2. The molecule has 0 unspecified atom stereocenters. The smallest absolute Gasteiger partial charge is 0.329 e. The van der Waals surface area contributed by atoms with E-state index in [9.17, 15) is 56.7 Å². The lowest BCUT2D eigenvalue weighted by Crippen LogP contribution is -2.53. The van der Waals surface area contributed by atoms with Crippen molar-refractivity contribution in [2.45, 2.75) is 279 Å². The lowest BCUT2D eigenvalue weighted by molar-refractivity contribution is -0.160. The van der Waals surface area contributed by atoms with Gasteiger partial charge in [0.1, 0.15) is 70.9 Å². The number of azide groups is 1. The van der Waals surface area contributed by atoms with E-state index in [0.29, 0.717) is 63.6 Å². The number of terminal acetylenes is 1. The number of rotatable bonds is 33. The maximum atomic E-state index is 13.0. The molecule has 1 aromatic rings. The average molecular weight is 1310 g/mol. The van der Waals surface area contributed by atoms with Gasteiger partial charge in [-0.2, -0.15) is 0 Å². The molecular weight excluding hydrogens is 1210 g/mol. The number of halogens is 2. The van der Waals surface area contributed by atoms with Gasteiger partial charge in [-0.1, -0.05) is 10.3 Å². The van der Waals surface area contributed by atoms with Crippen molar-refractivity contribution in [3.63, 3.8) is 0 Å². The van der Waals surface area contributed by atoms with E-state index in [2.05, 4.69) is 58.2 Å². The number of hydrogen-bond acceptors (Lipinski definition) is 19. The number of nitrogens with zero attached hydrogens (tertiary/aromatic N) is 6. The quantitative estimate of drug-likeness (QED) is 0.00736. The molecule has 0 aromatic carbocycles. The van der Waals surface area contributed by atoms with Gasteiger partial charge in [-0.05, 0) is 201 Å². The number of amides is 6. The Kier molecular flexibility index (Phi) is 40.4. The van der Waals surface area contributed by atoms with E-state index in [-0.39, 0.29) is 70.7 Å². The Morgan fingerprint density at radius 2 is 0.880 bits per heavy atom. The fourth-order valence-electron chi connectivity index (χ4n) is 7.22. The maximum absolute atomic E-state index is 13.0. The summed E-state index contributed by atoms with van der Waals surface area (Å²) in [5.41, 5.74) is 4.14. The van der Waals surface area contributed by atoms with Crippen molar-refractivity contribution in [3.05, 3.63) is 22.3 Å². The van der Waals surface area contributed by atoms with Gasteiger partial charge in [-0.3, -0.25) is 28.0 Å². The summed E-state index contributed by atoms with van der Waals surface area (Å²) in [6.45, 7) is 30.0. The predicted molar refractivity (Wildman–Crippen MR) is 338 cm³/mol. The van der Waals surface area contributed by atoms with Crippen LogP contribution in [0.2, 0.25) is 0 Å². The SMILES string of the molecule is C#CCCCF.CC(C)(C)OC(=O)CC[C@H](NC(=O)N[C@@H](CCCCNC(=O)CN=[N+]=[N-])C(=O)OC(C)(C)C)C(=O)OC(C)(C)C.CC(C)(C)OC(=O)CC[C@H](NC(=O)N[C@@H](CCCCNC(=O)Cn1cc(CCCF)nn1)C(=O)OC(C)(C)C)C(=O)OC(C)(C)C. The van der Waals surface area contributed by atoms with E-state index in [1.54, 1.807) is 131 Å². The van der Waals surface area contributed by atoms with Crippen molar-refractivity contribution >= 4 is 59.7 Å². The van der Waals surface area contributed by atoms with Crippen LogP contribution in [0.4, 0.5) is 18.4 Å². The molecule has 0 aliphatic heterocycles. The molecule has 0 radical (unpaired) electrons. The second-order valence-corrected chi connectivity index (χ2v) is 27.1. The third kappa shape index (κ3) is 49.9. The first-order valence-corrected chi connectivity index (χ1v) is 30.8. The minimum absolute atomic E-state index is 0.0440. The second-order valence-electron chi connectivity index (χ2n) is 27.1. The Balaban J connectivity index is 0. The summed E-state index contributed by atoms with van der Waals surface area (Å²) in [5.74, 6) is -2.28. The molecule has 6 N–H and O–H groups in total. The molecule has 0 aliphatic carbocycles. The minimum atomic E-state index is -1.19. The highest BCUT2D eigenvalue weighted by Gasteiger charge is 2.34. The van der Waals surface area contributed by atoms with E-state index < -0.39 is 118 Å². The van der Waals surface area contributed by atoms with Crippen molar-refractivity contribution in [2.24, 2.45) is 5.11 Å². The predicted octanol–water partition coefficient (Wildman–Crippen LogP) is 8.10. The van der Waals surface area contributed by atoms with E-state index in [4.69, 9.17) is 40.4 Å². The molecule has 1 rings (SSSR count). The molecule has 1 aromatic heterocycles. The molecule has 0 aliphatic rings. The number of nitrogens with one attached hydrogen (secondary N) is 6. The number of urea groups is 2. The Hall–Kier alpha value is -7.83. The fourth-order valence-corrected chi connectivity index (χ4v) is 7.22. The summed E-state index contributed by atoms with van der Waals surface area (Å²) in [6, 6.07) is -6.12. The van der Waals surface area contributed by atoms with Crippen molar-refractivity contribution in [1.82, 2.24) is 46.9 Å². The highest BCUT2D eigenvalue weighted by atomic mass is 19.1. The number of hydrogen-bond donors (Lipinski definition) is 6. The van der Waals surface area contributed by atoms with Crippen LogP contribution in [0.15, 0.2) is 11.3 Å². The van der Waals surface area contributed by atoms with Crippen LogP contribution in [0, 0.1) is 12.3 Å². The van der Waals surface area contributed by atoms with Crippen LogP contribution in [-0.2, 0) is 79.7 Å². The Morgan fingerprint density at radius 3 is 1.20 bits per heavy atom. The van der Waals surface area contributed by atoms with Gasteiger partial charge in [0.2, 0.25) is 11.8 Å². The number of carbonyl (C=O) groups is 10. The zero-order valence-electron chi connectivity index (χ0n) is 57.6. The minimum Gasteiger partial charge on any atom is -0.460 e. The Morgan fingerprint density at radius 1 is 0.533 bits per heavy atom. The summed E-state index contributed by atoms with van der Waals surface area (Å²) in [5, 5.41) is 26.5. The van der Waals surface area contributed by atoms with E-state index in [1.807, 2.05) is 0 Å². The van der Waals surface area contributed by atoms with E-state index in [0.717, 1.165) is 0 Å².